The third-order valence-corrected chi connectivity index (χ3v) is 11.2. The van der Waals surface area contributed by atoms with Gasteiger partial charge in [-0.1, -0.05) is 156 Å². The first-order valence-corrected chi connectivity index (χ1v) is 23.2. The minimum absolute atomic E-state index is 0.00789. The number of carbonyl (C=O) groups is 1. The molecule has 8 nitrogen and oxygen atoms in total. The summed E-state index contributed by atoms with van der Waals surface area (Å²) in [5, 5.41) is 7.02. The molecule has 0 saturated heterocycles. The van der Waals surface area contributed by atoms with Gasteiger partial charge in [0, 0.05) is 19.2 Å². The zero-order valence-electron chi connectivity index (χ0n) is 38.3. The van der Waals surface area contributed by atoms with Gasteiger partial charge in [-0.15, -0.1) is 0 Å². The smallest absolute Gasteiger partial charge is 0.393 e. The van der Waals surface area contributed by atoms with Crippen LogP contribution in [0.5, 0.6) is 5.75 Å². The van der Waals surface area contributed by atoms with Crippen molar-refractivity contribution in [3.05, 3.63) is 40.4 Å². The van der Waals surface area contributed by atoms with Crippen LogP contribution in [0.4, 0.5) is 17.6 Å². The number of hydrogen-bond donors (Lipinski definition) is 1. The number of pyridine rings is 1. The number of unbranched alkanes of at least 4 members (excludes halogenated alkanes) is 16. The lowest BCUT2D eigenvalue weighted by Gasteiger charge is -2.17. The van der Waals surface area contributed by atoms with Crippen LogP contribution in [0.15, 0.2) is 18.2 Å². The van der Waals surface area contributed by atoms with Crippen LogP contribution in [0.2, 0.25) is 5.15 Å². The summed E-state index contributed by atoms with van der Waals surface area (Å²) in [4.78, 5) is 17.1. The molecule has 0 saturated carbocycles. The van der Waals surface area contributed by atoms with E-state index in [2.05, 4.69) is 56.9 Å². The molecule has 1 amide bonds. The highest BCUT2D eigenvalue weighted by atomic mass is 35.5. The van der Waals surface area contributed by atoms with E-state index in [-0.39, 0.29) is 52.3 Å². The van der Waals surface area contributed by atoms with Crippen LogP contribution >= 0.6 is 11.6 Å². The van der Waals surface area contributed by atoms with Crippen molar-refractivity contribution >= 4 is 28.4 Å². The minimum Gasteiger partial charge on any atom is -0.464 e. The highest BCUT2D eigenvalue weighted by molar-refractivity contribution is 6.35. The zero-order chi connectivity index (χ0) is 44.9. The van der Waals surface area contributed by atoms with Crippen molar-refractivity contribution in [1.29, 1.82) is 0 Å². The predicted octanol–water partition coefficient (Wildman–Crippen LogP) is 14.6. The van der Waals surface area contributed by atoms with Gasteiger partial charge in [-0.25, -0.2) is 14.1 Å². The average molecular weight is 884 g/mol. The highest BCUT2D eigenvalue weighted by Crippen LogP contribution is 2.37. The average Bonchev–Trinajstić information content (AvgIpc) is 3.54. The number of benzene rings is 1. The Morgan fingerprint density at radius 3 is 1.70 bits per heavy atom. The number of rotatable bonds is 30. The van der Waals surface area contributed by atoms with E-state index in [9.17, 15) is 18.0 Å². The number of nitrogens with one attached hydrogen (secondary N) is 1. The fourth-order valence-corrected chi connectivity index (χ4v) is 7.76. The summed E-state index contributed by atoms with van der Waals surface area (Å²) in [5.74, 6) is -1.75. The van der Waals surface area contributed by atoms with Crippen LogP contribution in [0.3, 0.4) is 0 Å². The largest absolute Gasteiger partial charge is 0.464 e. The van der Waals surface area contributed by atoms with Gasteiger partial charge in [-0.2, -0.15) is 18.3 Å². The normalized spacial score (nSPS) is 12.5. The number of nitrogens with zero attached hydrogens (tertiary/aromatic N) is 3. The molecule has 1 N–H and O–H groups in total. The zero-order valence-corrected chi connectivity index (χ0v) is 39.0. The van der Waals surface area contributed by atoms with Gasteiger partial charge in [0.15, 0.2) is 24.1 Å². The maximum absolute atomic E-state index is 15.5. The summed E-state index contributed by atoms with van der Waals surface area (Å²) in [6.07, 6.45) is 17.5. The summed E-state index contributed by atoms with van der Waals surface area (Å²) >= 11 is 6.62. The van der Waals surface area contributed by atoms with E-state index in [1.807, 2.05) is 0 Å². The van der Waals surface area contributed by atoms with Gasteiger partial charge in [0.1, 0.15) is 11.9 Å². The van der Waals surface area contributed by atoms with Crippen LogP contribution in [-0.2, 0) is 22.6 Å². The van der Waals surface area contributed by atoms with Crippen molar-refractivity contribution in [3.63, 3.8) is 0 Å². The van der Waals surface area contributed by atoms with Crippen LogP contribution in [0.1, 0.15) is 186 Å². The van der Waals surface area contributed by atoms with E-state index in [0.29, 0.717) is 29.6 Å². The quantitative estimate of drug-likeness (QED) is 0.0311. The summed E-state index contributed by atoms with van der Waals surface area (Å²) in [7, 11) is 1.45. The highest BCUT2D eigenvalue weighted by Gasteiger charge is 2.31. The second kappa shape index (κ2) is 26.6. The SMILES string of the molecule is CNC(=O)c1nn(COCCCCCCCCCCCC(C)(C)C)c2cc(-c3cc(F)c(OCOCCCCCCCCCCCC(C)(C)C)cc3CC(F)(F)F)nc(Cl)c12. The molecule has 2 aromatic heterocycles. The Kier molecular flexibility index (Phi) is 22.9. The molecule has 0 aliphatic heterocycles. The number of hydrogen-bond acceptors (Lipinski definition) is 6. The number of alkyl halides is 3. The third-order valence-electron chi connectivity index (χ3n) is 10.9. The molecular weight excluding hydrogens is 808 g/mol. The Morgan fingerprint density at radius 1 is 0.721 bits per heavy atom. The Bertz CT molecular complexity index is 1740. The summed E-state index contributed by atoms with van der Waals surface area (Å²) in [6, 6.07) is 3.46. The van der Waals surface area contributed by atoms with Gasteiger partial charge in [-0.3, -0.25) is 4.79 Å². The number of carbonyl (C=O) groups excluding carboxylic acids is 1. The summed E-state index contributed by atoms with van der Waals surface area (Å²) < 4.78 is 75.6. The van der Waals surface area contributed by atoms with Crippen LogP contribution in [-0.4, -0.2) is 53.9 Å². The van der Waals surface area contributed by atoms with Gasteiger partial charge < -0.3 is 19.5 Å². The molecular formula is C48H75ClF4N4O4. The predicted molar refractivity (Wildman–Crippen MR) is 240 cm³/mol. The fraction of sp³-hybridized carbons (Fsp3) is 0.729. The van der Waals surface area contributed by atoms with Gasteiger partial charge in [-0.05, 0) is 60.3 Å². The lowest BCUT2D eigenvalue weighted by Crippen LogP contribution is -2.19. The van der Waals surface area contributed by atoms with Crippen molar-refractivity contribution in [2.45, 2.75) is 189 Å². The van der Waals surface area contributed by atoms with E-state index in [1.54, 1.807) is 0 Å². The van der Waals surface area contributed by atoms with Crippen molar-refractivity contribution in [3.8, 4) is 17.0 Å². The molecule has 0 aliphatic carbocycles. The van der Waals surface area contributed by atoms with Crippen molar-refractivity contribution in [2.24, 2.45) is 10.8 Å². The van der Waals surface area contributed by atoms with Gasteiger partial charge in [0.25, 0.3) is 5.91 Å². The molecule has 3 aromatic rings. The Labute approximate surface area is 368 Å². The molecule has 0 unspecified atom stereocenters. The molecule has 346 valence electrons. The number of fused-ring (bicyclic) bond motifs is 1. The van der Waals surface area contributed by atoms with Gasteiger partial charge >= 0.3 is 6.18 Å². The fourth-order valence-electron chi connectivity index (χ4n) is 7.48. The number of aromatic nitrogens is 3. The topological polar surface area (TPSA) is 87.5 Å². The first kappa shape index (κ1) is 52.4. The van der Waals surface area contributed by atoms with Gasteiger partial charge in [0.05, 0.1) is 29.6 Å². The lowest BCUT2D eigenvalue weighted by molar-refractivity contribution is -0.127. The molecule has 0 fully saturated rings. The first-order chi connectivity index (χ1) is 28.9. The molecule has 1 aromatic carbocycles. The van der Waals surface area contributed by atoms with E-state index >= 15 is 4.39 Å². The van der Waals surface area contributed by atoms with E-state index in [4.69, 9.17) is 25.8 Å². The van der Waals surface area contributed by atoms with Crippen LogP contribution in [0, 0.1) is 16.6 Å². The monoisotopic (exact) mass is 883 g/mol. The van der Waals surface area contributed by atoms with E-state index < -0.39 is 24.3 Å². The molecule has 0 bridgehead atoms. The second-order valence-electron chi connectivity index (χ2n) is 19.0. The van der Waals surface area contributed by atoms with Crippen LogP contribution < -0.4 is 10.1 Å². The molecule has 3 rings (SSSR count). The Hall–Kier alpha value is -2.96. The number of halogens is 5. The molecule has 0 spiro atoms. The summed E-state index contributed by atoms with van der Waals surface area (Å²) in [6.45, 7) is 14.2. The maximum Gasteiger partial charge on any atom is 0.393 e. The van der Waals surface area contributed by atoms with Crippen molar-refractivity contribution in [2.75, 3.05) is 27.1 Å². The lowest BCUT2D eigenvalue weighted by atomic mass is 9.89. The third kappa shape index (κ3) is 20.8. The number of ether oxygens (including phenoxy) is 3. The maximum atomic E-state index is 15.5. The van der Waals surface area contributed by atoms with Crippen LogP contribution in [0.25, 0.3) is 22.2 Å². The second-order valence-corrected chi connectivity index (χ2v) is 19.4. The van der Waals surface area contributed by atoms with Crippen molar-refractivity contribution in [1.82, 2.24) is 20.1 Å². The van der Waals surface area contributed by atoms with E-state index in [0.717, 1.165) is 50.7 Å². The molecule has 0 atom stereocenters. The van der Waals surface area contributed by atoms with Crippen molar-refractivity contribution < 1.29 is 36.6 Å². The molecule has 0 radical (unpaired) electrons. The Morgan fingerprint density at radius 2 is 1.21 bits per heavy atom. The van der Waals surface area contributed by atoms with E-state index in [1.165, 1.54) is 108 Å². The minimum atomic E-state index is -4.62. The summed E-state index contributed by atoms with van der Waals surface area (Å²) in [5.41, 5.74) is 0.729. The van der Waals surface area contributed by atoms with Gasteiger partial charge in [0.2, 0.25) is 0 Å². The molecule has 61 heavy (non-hydrogen) atoms. The molecule has 13 heteroatoms. The first-order valence-electron chi connectivity index (χ1n) is 22.9. The number of amides is 1. The standard InChI is InChI=1S/C48H75ClF4N4O4/c1-46(2,3)26-22-18-14-10-8-12-16-20-24-28-59-34-57-40-32-39(55-44(49)42(40)43(56-57)45(58)54-7)37-31-38(50)41(30-36(37)33-48(51,52)53)61-35-60-29-25-21-17-13-9-11-15-19-23-27-47(4,5)6/h30-32H,8-29,33-35H2,1-7H3,(H,54,58). The molecule has 0 aliphatic rings. The Balaban J connectivity index is 1.56. The molecule has 2 heterocycles.